The fourth-order valence-electron chi connectivity index (χ4n) is 10.5. The molecule has 5 aromatic rings. The van der Waals surface area contributed by atoms with Gasteiger partial charge in [-0.3, -0.25) is 0 Å². The van der Waals surface area contributed by atoms with Crippen LogP contribution in [0.2, 0.25) is 0 Å². The van der Waals surface area contributed by atoms with Crippen LogP contribution in [0.5, 0.6) is 0 Å². The fourth-order valence-corrected chi connectivity index (χ4v) is 10.5. The van der Waals surface area contributed by atoms with Crippen molar-refractivity contribution in [1.82, 2.24) is 0 Å². The molecule has 1 atom stereocenters. The van der Waals surface area contributed by atoms with Crippen LogP contribution in [-0.4, -0.2) is 0 Å². The zero-order chi connectivity index (χ0) is 45.0. The number of anilines is 3. The second-order valence-electron chi connectivity index (χ2n) is 20.5. The van der Waals surface area contributed by atoms with Gasteiger partial charge in [0, 0.05) is 22.5 Å². The second kappa shape index (κ2) is 22.2. The summed E-state index contributed by atoms with van der Waals surface area (Å²) in [5.74, 6) is 0.549. The van der Waals surface area contributed by atoms with E-state index in [4.69, 9.17) is 0 Å². The Balaban J connectivity index is 1.40. The van der Waals surface area contributed by atoms with Gasteiger partial charge < -0.3 is 4.90 Å². The number of hydrogen-bond acceptors (Lipinski definition) is 1. The highest BCUT2D eigenvalue weighted by atomic mass is 15.1. The van der Waals surface area contributed by atoms with Crippen molar-refractivity contribution in [3.63, 3.8) is 0 Å². The Bertz CT molecular complexity index is 2130. The van der Waals surface area contributed by atoms with Crippen molar-refractivity contribution in [3.05, 3.63) is 137 Å². The predicted molar refractivity (Wildman–Crippen MR) is 279 cm³/mol. The normalized spacial score (nSPS) is 13.8. The maximum absolute atomic E-state index is 2.67. The van der Waals surface area contributed by atoms with Crippen LogP contribution in [0.25, 0.3) is 22.3 Å². The fraction of sp³-hybridized carbons (Fsp3) is 0.516. The average Bonchev–Trinajstić information content (AvgIpc) is 3.59. The lowest BCUT2D eigenvalue weighted by Crippen LogP contribution is -2.26. The molecule has 63 heavy (non-hydrogen) atoms. The largest absolute Gasteiger partial charge is 0.311 e. The molecule has 0 aliphatic heterocycles. The molecule has 1 nitrogen and oxygen atoms in total. The van der Waals surface area contributed by atoms with Crippen molar-refractivity contribution in [3.8, 4) is 22.3 Å². The van der Waals surface area contributed by atoms with Crippen molar-refractivity contribution < 1.29 is 0 Å². The third-order valence-corrected chi connectivity index (χ3v) is 16.1. The van der Waals surface area contributed by atoms with E-state index in [1.807, 2.05) is 0 Å². The molecular weight excluding hydrogens is 759 g/mol. The van der Waals surface area contributed by atoms with E-state index in [9.17, 15) is 0 Å². The van der Waals surface area contributed by atoms with Gasteiger partial charge in [0.1, 0.15) is 0 Å². The molecule has 0 spiro atoms. The van der Waals surface area contributed by atoms with E-state index in [-0.39, 0.29) is 16.2 Å². The van der Waals surface area contributed by atoms with Gasteiger partial charge in [0.15, 0.2) is 0 Å². The standard InChI is InChI=1S/C62H85N/c1-11-17-19-21-23-25-43-62(44-26-24-22-20-18-12-2)58-45-50(31-41-56(58)57-42-34-52(46-59(57)62)60(8,9)14-4)49-29-37-54(38-30-49)63(53-35-27-48(28-36-53)47(7)13-3)55-39-32-51(33-40-55)61(10,15-5)16-6/h27-42,45-47H,11-26,43-44H2,1-10H3. The lowest BCUT2D eigenvalue weighted by Gasteiger charge is -2.34. The Hall–Kier alpha value is -4.10. The van der Waals surface area contributed by atoms with Gasteiger partial charge in [-0.25, -0.2) is 0 Å². The molecule has 0 saturated heterocycles. The first-order valence-electron chi connectivity index (χ1n) is 25.9. The van der Waals surface area contributed by atoms with Gasteiger partial charge in [0.2, 0.25) is 0 Å². The molecule has 1 heteroatoms. The smallest absolute Gasteiger partial charge is 0.0462 e. The highest BCUT2D eigenvalue weighted by Crippen LogP contribution is 2.56. The summed E-state index contributed by atoms with van der Waals surface area (Å²) in [6.07, 6.45) is 23.1. The van der Waals surface area contributed by atoms with Crippen molar-refractivity contribution in [2.45, 2.75) is 207 Å². The summed E-state index contributed by atoms with van der Waals surface area (Å²) in [5, 5.41) is 0. The summed E-state index contributed by atoms with van der Waals surface area (Å²) in [6, 6.07) is 43.4. The summed E-state index contributed by atoms with van der Waals surface area (Å²) < 4.78 is 0. The molecule has 0 amide bonds. The van der Waals surface area contributed by atoms with Gasteiger partial charge in [-0.1, -0.05) is 213 Å². The van der Waals surface area contributed by atoms with Gasteiger partial charge in [-0.15, -0.1) is 0 Å². The molecule has 6 rings (SSSR count). The third kappa shape index (κ3) is 10.9. The molecule has 338 valence electrons. The van der Waals surface area contributed by atoms with E-state index in [2.05, 4.69) is 183 Å². The monoisotopic (exact) mass is 844 g/mol. The van der Waals surface area contributed by atoms with Crippen LogP contribution < -0.4 is 4.90 Å². The Morgan fingerprint density at radius 1 is 0.460 bits per heavy atom. The second-order valence-corrected chi connectivity index (χ2v) is 20.5. The third-order valence-electron chi connectivity index (χ3n) is 16.1. The maximum Gasteiger partial charge on any atom is 0.0462 e. The molecule has 0 bridgehead atoms. The number of rotatable bonds is 25. The first kappa shape index (κ1) is 48.4. The summed E-state index contributed by atoms with van der Waals surface area (Å²) in [5.41, 5.74) is 17.1. The van der Waals surface area contributed by atoms with Gasteiger partial charge in [-0.2, -0.15) is 0 Å². The first-order valence-corrected chi connectivity index (χ1v) is 25.9. The predicted octanol–water partition coefficient (Wildman–Crippen LogP) is 19.9. The Kier molecular flexibility index (Phi) is 17.0. The van der Waals surface area contributed by atoms with Crippen LogP contribution in [0.4, 0.5) is 17.1 Å². The molecule has 0 saturated carbocycles. The molecule has 0 fully saturated rings. The summed E-state index contributed by atoms with van der Waals surface area (Å²) in [6.45, 7) is 23.5. The quantitative estimate of drug-likeness (QED) is 0.0529. The number of nitrogens with zero attached hydrogens (tertiary/aromatic N) is 1. The van der Waals surface area contributed by atoms with Crippen molar-refractivity contribution in [2.24, 2.45) is 0 Å². The number of fused-ring (bicyclic) bond motifs is 3. The molecule has 0 N–H and O–H groups in total. The van der Waals surface area contributed by atoms with Crippen LogP contribution in [0, 0.1) is 0 Å². The van der Waals surface area contributed by atoms with E-state index >= 15 is 0 Å². The highest BCUT2D eigenvalue weighted by molar-refractivity contribution is 5.85. The van der Waals surface area contributed by atoms with E-state index in [0.717, 1.165) is 25.7 Å². The number of hydrogen-bond donors (Lipinski definition) is 0. The molecule has 0 aromatic heterocycles. The molecule has 1 aliphatic rings. The van der Waals surface area contributed by atoms with E-state index in [0.29, 0.717) is 5.92 Å². The minimum atomic E-state index is 0.0476. The van der Waals surface area contributed by atoms with Crippen LogP contribution in [0.3, 0.4) is 0 Å². The van der Waals surface area contributed by atoms with Gasteiger partial charge in [0.25, 0.3) is 0 Å². The topological polar surface area (TPSA) is 3.24 Å². The lowest BCUT2D eigenvalue weighted by molar-refractivity contribution is 0.396. The Morgan fingerprint density at radius 2 is 0.905 bits per heavy atom. The maximum atomic E-state index is 2.67. The van der Waals surface area contributed by atoms with Crippen LogP contribution in [0.1, 0.15) is 219 Å². The van der Waals surface area contributed by atoms with Crippen LogP contribution in [0.15, 0.2) is 109 Å². The van der Waals surface area contributed by atoms with Gasteiger partial charge in [-0.05, 0) is 148 Å². The number of unbranched alkanes of at least 4 members (excludes halogenated alkanes) is 10. The molecule has 1 aliphatic carbocycles. The SMILES string of the molecule is CCCCCCCCC1(CCCCCCCC)c2cc(-c3ccc(N(c4ccc(C(C)CC)cc4)c4ccc(C(C)(CC)CC)cc4)cc3)ccc2-c2ccc(C(C)(C)CC)cc21. The molecule has 1 unspecified atom stereocenters. The average molecular weight is 844 g/mol. The summed E-state index contributed by atoms with van der Waals surface area (Å²) >= 11 is 0. The molecule has 0 heterocycles. The van der Waals surface area contributed by atoms with E-state index in [1.54, 1.807) is 11.1 Å². The summed E-state index contributed by atoms with van der Waals surface area (Å²) in [7, 11) is 0. The lowest BCUT2D eigenvalue weighted by atomic mass is 9.69. The van der Waals surface area contributed by atoms with Crippen LogP contribution >= 0.6 is 0 Å². The van der Waals surface area contributed by atoms with Crippen molar-refractivity contribution in [2.75, 3.05) is 4.90 Å². The van der Waals surface area contributed by atoms with Crippen molar-refractivity contribution >= 4 is 17.1 Å². The van der Waals surface area contributed by atoms with E-state index < -0.39 is 0 Å². The van der Waals surface area contributed by atoms with Gasteiger partial charge >= 0.3 is 0 Å². The molecular formula is C62H85N. The zero-order valence-electron chi connectivity index (χ0n) is 41.6. The minimum Gasteiger partial charge on any atom is -0.311 e. The molecule has 5 aromatic carbocycles. The minimum absolute atomic E-state index is 0.0476. The Labute approximate surface area is 386 Å². The van der Waals surface area contributed by atoms with Gasteiger partial charge in [0.05, 0.1) is 0 Å². The highest BCUT2D eigenvalue weighted by Gasteiger charge is 2.43. The zero-order valence-corrected chi connectivity index (χ0v) is 41.6. The molecule has 0 radical (unpaired) electrons. The van der Waals surface area contributed by atoms with E-state index in [1.165, 1.54) is 146 Å². The Morgan fingerprint density at radius 3 is 1.41 bits per heavy atom. The number of benzene rings is 5. The van der Waals surface area contributed by atoms with Crippen molar-refractivity contribution in [1.29, 1.82) is 0 Å². The first-order chi connectivity index (χ1) is 30.5. The summed E-state index contributed by atoms with van der Waals surface area (Å²) in [4.78, 5) is 2.45. The van der Waals surface area contributed by atoms with Crippen LogP contribution in [-0.2, 0) is 16.2 Å².